The molecule has 0 unspecified atom stereocenters. The van der Waals surface area contributed by atoms with Crippen LogP contribution in [0.1, 0.15) is 52.1 Å². The van der Waals surface area contributed by atoms with Crippen LogP contribution >= 0.6 is 0 Å². The molecule has 0 amide bonds. The predicted molar refractivity (Wildman–Crippen MR) is 90.6 cm³/mol. The number of carbonyl (C=O) groups is 1. The zero-order valence-electron chi connectivity index (χ0n) is 14.3. The number of benzene rings is 1. The molecular formula is C17H24FNO4S. The van der Waals surface area contributed by atoms with Crippen LogP contribution in [-0.4, -0.2) is 26.5 Å². The first kappa shape index (κ1) is 19.0. The van der Waals surface area contributed by atoms with Crippen molar-refractivity contribution in [2.75, 3.05) is 0 Å². The van der Waals surface area contributed by atoms with Crippen LogP contribution in [0.3, 0.4) is 0 Å². The highest BCUT2D eigenvalue weighted by molar-refractivity contribution is 7.90. The van der Waals surface area contributed by atoms with Gasteiger partial charge in [0.1, 0.15) is 22.4 Å². The van der Waals surface area contributed by atoms with E-state index in [4.69, 9.17) is 9.84 Å². The molecule has 1 aromatic carbocycles. The summed E-state index contributed by atoms with van der Waals surface area (Å²) in [6.45, 7) is 7.36. The molecule has 0 saturated heterocycles. The minimum absolute atomic E-state index is 0.185. The summed E-state index contributed by atoms with van der Waals surface area (Å²) in [6, 6.07) is 3.84. The lowest BCUT2D eigenvalue weighted by Crippen LogP contribution is -2.41. The fourth-order valence-corrected chi connectivity index (χ4v) is 3.21. The van der Waals surface area contributed by atoms with Gasteiger partial charge in [0.25, 0.3) is 0 Å². The first-order valence-corrected chi connectivity index (χ1v) is 9.10. The standard InChI is InChI=1S/C17H24FNO4S/c1-10(19-24(22)17(2,3)4)14-9-12(18)5-6-15(14)23-13-7-11(8-13)16(20)21/h5-6,9-11,13,19H,7-8H2,1-4H3,(H,20,21)/t10-,11?,13?,24-/m1/s1. The molecule has 2 atom stereocenters. The van der Waals surface area contributed by atoms with Gasteiger partial charge >= 0.3 is 5.97 Å². The maximum Gasteiger partial charge on any atom is 0.306 e. The molecule has 134 valence electrons. The van der Waals surface area contributed by atoms with Gasteiger partial charge in [-0.25, -0.2) is 4.39 Å². The molecule has 0 bridgehead atoms. The summed E-state index contributed by atoms with van der Waals surface area (Å²) >= 11 is -1.30. The SMILES string of the molecule is C[C@@H](N[S@+]([O-])C(C)(C)C)c1cc(F)ccc1OC1CC(C(=O)O)C1. The molecule has 1 aliphatic rings. The van der Waals surface area contributed by atoms with Gasteiger partial charge in [-0.05, 0) is 58.7 Å². The summed E-state index contributed by atoms with van der Waals surface area (Å²) in [7, 11) is 0. The molecule has 2 N–H and O–H groups in total. The Morgan fingerprint density at radius 3 is 2.62 bits per heavy atom. The van der Waals surface area contributed by atoms with E-state index in [1.807, 2.05) is 20.8 Å². The second kappa shape index (κ2) is 7.29. The van der Waals surface area contributed by atoms with E-state index < -0.39 is 27.9 Å². The highest BCUT2D eigenvalue weighted by Crippen LogP contribution is 2.35. The number of carboxylic acid groups (broad SMARTS) is 1. The van der Waals surface area contributed by atoms with Crippen LogP contribution in [0.5, 0.6) is 5.75 Å². The van der Waals surface area contributed by atoms with Crippen LogP contribution in [-0.2, 0) is 16.2 Å². The zero-order valence-corrected chi connectivity index (χ0v) is 15.2. The Hall–Kier alpha value is -1.31. The average molecular weight is 357 g/mol. The first-order valence-electron chi connectivity index (χ1n) is 7.95. The van der Waals surface area contributed by atoms with Crippen molar-refractivity contribution >= 4 is 17.3 Å². The van der Waals surface area contributed by atoms with Crippen molar-refractivity contribution in [2.45, 2.75) is 57.4 Å². The molecule has 2 rings (SSSR count). The number of carboxylic acids is 1. The second-order valence-corrected chi connectivity index (χ2v) is 9.15. The lowest BCUT2D eigenvalue weighted by molar-refractivity contribution is -0.147. The molecule has 24 heavy (non-hydrogen) atoms. The van der Waals surface area contributed by atoms with E-state index >= 15 is 0 Å². The molecule has 1 aromatic rings. The van der Waals surface area contributed by atoms with Gasteiger partial charge in [0.2, 0.25) is 0 Å². The summed E-state index contributed by atoms with van der Waals surface area (Å²) in [4.78, 5) is 10.9. The Morgan fingerprint density at radius 1 is 1.46 bits per heavy atom. The van der Waals surface area contributed by atoms with Gasteiger partial charge in [-0.15, -0.1) is 4.72 Å². The lowest BCUT2D eigenvalue weighted by Gasteiger charge is -2.34. The lowest BCUT2D eigenvalue weighted by atomic mass is 9.82. The minimum Gasteiger partial charge on any atom is -0.598 e. The van der Waals surface area contributed by atoms with Crippen LogP contribution in [0.2, 0.25) is 0 Å². The van der Waals surface area contributed by atoms with Crippen molar-refractivity contribution in [3.05, 3.63) is 29.6 Å². The third-order valence-electron chi connectivity index (χ3n) is 4.02. The van der Waals surface area contributed by atoms with E-state index in [0.717, 1.165) is 0 Å². The molecule has 0 radical (unpaired) electrons. The highest BCUT2D eigenvalue weighted by Gasteiger charge is 2.37. The number of halogens is 1. The van der Waals surface area contributed by atoms with Gasteiger partial charge in [-0.3, -0.25) is 4.79 Å². The fraction of sp³-hybridized carbons (Fsp3) is 0.588. The Labute approximate surface area is 144 Å². The summed E-state index contributed by atoms with van der Waals surface area (Å²) in [5, 5.41) is 8.92. The number of aliphatic carboxylic acids is 1. The largest absolute Gasteiger partial charge is 0.598 e. The number of nitrogens with one attached hydrogen (secondary N) is 1. The first-order chi connectivity index (χ1) is 11.1. The number of hydrogen-bond acceptors (Lipinski definition) is 4. The van der Waals surface area contributed by atoms with E-state index in [1.54, 1.807) is 6.92 Å². The van der Waals surface area contributed by atoms with Crippen LogP contribution in [0.15, 0.2) is 18.2 Å². The van der Waals surface area contributed by atoms with Gasteiger partial charge in [0.15, 0.2) is 0 Å². The van der Waals surface area contributed by atoms with Crippen LogP contribution < -0.4 is 9.46 Å². The summed E-state index contributed by atoms with van der Waals surface area (Å²) in [5.41, 5.74) is 0.575. The molecule has 0 heterocycles. The van der Waals surface area contributed by atoms with Crippen LogP contribution in [0, 0.1) is 11.7 Å². The van der Waals surface area contributed by atoms with E-state index in [-0.39, 0.29) is 18.1 Å². The van der Waals surface area contributed by atoms with Gasteiger partial charge in [0, 0.05) is 16.9 Å². The maximum absolute atomic E-state index is 13.6. The molecule has 5 nitrogen and oxygen atoms in total. The van der Waals surface area contributed by atoms with Crippen molar-refractivity contribution in [3.63, 3.8) is 0 Å². The Balaban J connectivity index is 2.09. The fourth-order valence-electron chi connectivity index (χ4n) is 2.41. The van der Waals surface area contributed by atoms with Gasteiger partial charge < -0.3 is 14.4 Å². The molecular weight excluding hydrogens is 333 g/mol. The smallest absolute Gasteiger partial charge is 0.306 e. The second-order valence-electron chi connectivity index (χ2n) is 7.15. The Morgan fingerprint density at radius 2 is 2.08 bits per heavy atom. The molecule has 0 spiro atoms. The Bertz CT molecular complexity index is 599. The molecule has 1 fully saturated rings. The third-order valence-corrected chi connectivity index (χ3v) is 5.70. The van der Waals surface area contributed by atoms with Crippen molar-refractivity contribution in [1.29, 1.82) is 0 Å². The number of hydrogen-bond donors (Lipinski definition) is 2. The number of ether oxygens (including phenoxy) is 1. The minimum atomic E-state index is -1.30. The maximum atomic E-state index is 13.6. The quantitative estimate of drug-likeness (QED) is 0.764. The summed E-state index contributed by atoms with van der Waals surface area (Å²) in [5.74, 6) is -1.09. The van der Waals surface area contributed by atoms with E-state index in [1.165, 1.54) is 18.2 Å². The van der Waals surface area contributed by atoms with Crippen molar-refractivity contribution in [2.24, 2.45) is 5.92 Å². The topological polar surface area (TPSA) is 81.6 Å². The van der Waals surface area contributed by atoms with E-state index in [9.17, 15) is 13.7 Å². The van der Waals surface area contributed by atoms with Crippen LogP contribution in [0.4, 0.5) is 4.39 Å². The van der Waals surface area contributed by atoms with E-state index in [0.29, 0.717) is 24.2 Å². The van der Waals surface area contributed by atoms with Crippen molar-refractivity contribution in [1.82, 2.24) is 4.72 Å². The normalized spacial score (nSPS) is 23.2. The molecule has 7 heteroatoms. The summed E-state index contributed by atoms with van der Waals surface area (Å²) in [6.07, 6.45) is 0.708. The number of rotatable bonds is 6. The molecule has 1 saturated carbocycles. The molecule has 0 aliphatic heterocycles. The van der Waals surface area contributed by atoms with Gasteiger partial charge in [-0.2, -0.15) is 0 Å². The predicted octanol–water partition coefficient (Wildman–Crippen LogP) is 3.18. The third kappa shape index (κ3) is 4.62. The van der Waals surface area contributed by atoms with Crippen LogP contribution in [0.25, 0.3) is 0 Å². The zero-order chi connectivity index (χ0) is 18.1. The molecule has 0 aromatic heterocycles. The average Bonchev–Trinajstić information content (AvgIpc) is 2.41. The van der Waals surface area contributed by atoms with Crippen molar-refractivity contribution in [3.8, 4) is 5.75 Å². The van der Waals surface area contributed by atoms with Gasteiger partial charge in [-0.1, -0.05) is 0 Å². The summed E-state index contributed by atoms with van der Waals surface area (Å²) < 4.78 is 34.3. The van der Waals surface area contributed by atoms with E-state index in [2.05, 4.69) is 4.72 Å². The van der Waals surface area contributed by atoms with Crippen molar-refractivity contribution < 1.29 is 23.6 Å². The Kier molecular flexibility index (Phi) is 5.78. The monoisotopic (exact) mass is 357 g/mol. The highest BCUT2D eigenvalue weighted by atomic mass is 32.2. The van der Waals surface area contributed by atoms with Gasteiger partial charge in [0.05, 0.1) is 12.0 Å². The molecule has 1 aliphatic carbocycles.